The molecule has 20 nitrogen and oxygen atoms in total. The van der Waals surface area contributed by atoms with Gasteiger partial charge in [-0.2, -0.15) is 20.2 Å². The standard InChI is InChI=1S/2C27H32N8O2/c2*1-7-26(36)29-20-16-21(24(37-6)17-23(20)34(5)15-14-33(3)4)30-27-28-13-12-25(31-27)35-22-11-9-8-10-19(22)18(2)32-35/h2*7-13,16-17H,1,14-15H2,2-6H3,(H,29,36)(H,28,30,31). The molecular weight excluding hydrogens is 937 g/mol. The summed E-state index contributed by atoms with van der Waals surface area (Å²) in [6, 6.07) is 27.0. The number of amides is 2. The number of para-hydroxylation sites is 2. The van der Waals surface area contributed by atoms with Crippen LogP contribution < -0.4 is 40.5 Å². The van der Waals surface area contributed by atoms with Crippen molar-refractivity contribution in [2.45, 2.75) is 13.8 Å². The molecule has 0 unspecified atom stereocenters. The minimum atomic E-state index is -0.308. The van der Waals surface area contributed by atoms with Crippen molar-refractivity contribution >= 4 is 79.6 Å². The first-order valence-electron chi connectivity index (χ1n) is 23.7. The van der Waals surface area contributed by atoms with Gasteiger partial charge in [-0.1, -0.05) is 49.6 Å². The van der Waals surface area contributed by atoms with E-state index in [0.717, 1.165) is 70.7 Å². The lowest BCUT2D eigenvalue weighted by Gasteiger charge is -2.26. The van der Waals surface area contributed by atoms with Crippen LogP contribution in [0.3, 0.4) is 0 Å². The number of likely N-dealkylation sites (N-methyl/N-ethyl adjacent to an activating group) is 4. The first-order chi connectivity index (χ1) is 35.6. The topological polar surface area (TPSA) is 201 Å². The largest absolute Gasteiger partial charge is 0.494 e. The van der Waals surface area contributed by atoms with Crippen LogP contribution >= 0.6 is 0 Å². The van der Waals surface area contributed by atoms with E-state index in [1.54, 1.807) is 48.1 Å². The van der Waals surface area contributed by atoms with Crippen LogP contribution in [0, 0.1) is 13.8 Å². The summed E-state index contributed by atoms with van der Waals surface area (Å²) in [6.07, 6.45) is 5.83. The van der Waals surface area contributed by atoms with Crippen LogP contribution in [0.4, 0.5) is 46.0 Å². The molecule has 0 aliphatic carbocycles. The number of nitrogens with one attached hydrogen (secondary N) is 4. The van der Waals surface area contributed by atoms with E-state index in [1.807, 2.05) is 129 Å². The van der Waals surface area contributed by atoms with Crippen LogP contribution in [-0.2, 0) is 9.59 Å². The minimum Gasteiger partial charge on any atom is -0.494 e. The Morgan fingerprint density at radius 2 is 0.959 bits per heavy atom. The molecule has 0 radical (unpaired) electrons. The zero-order valence-corrected chi connectivity index (χ0v) is 43.6. The number of carbonyl (C=O) groups excluding carboxylic acids is 2. The monoisotopic (exact) mass is 1000 g/mol. The van der Waals surface area contributed by atoms with E-state index in [0.29, 0.717) is 57.8 Å². The van der Waals surface area contributed by atoms with Gasteiger partial charge < -0.3 is 50.3 Å². The molecule has 0 aliphatic heterocycles. The molecule has 20 heteroatoms. The third-order valence-corrected chi connectivity index (χ3v) is 11.9. The average Bonchev–Trinajstić information content (AvgIpc) is 3.93. The third kappa shape index (κ3) is 12.6. The molecule has 8 rings (SSSR count). The normalized spacial score (nSPS) is 11.0. The van der Waals surface area contributed by atoms with Gasteiger partial charge in [0.25, 0.3) is 0 Å². The zero-order chi connectivity index (χ0) is 53.1. The van der Waals surface area contributed by atoms with Crippen molar-refractivity contribution in [3.63, 3.8) is 0 Å². The number of aryl methyl sites for hydroxylation is 2. The van der Waals surface area contributed by atoms with Gasteiger partial charge in [-0.25, -0.2) is 19.3 Å². The third-order valence-electron chi connectivity index (χ3n) is 11.9. The summed E-state index contributed by atoms with van der Waals surface area (Å²) in [5.41, 5.74) is 7.81. The highest BCUT2D eigenvalue weighted by molar-refractivity contribution is 6.03. The van der Waals surface area contributed by atoms with Crippen molar-refractivity contribution in [3.05, 3.63) is 134 Å². The highest BCUT2D eigenvalue weighted by Gasteiger charge is 2.20. The summed E-state index contributed by atoms with van der Waals surface area (Å²) in [5.74, 6) is 2.53. The molecule has 4 aromatic heterocycles. The van der Waals surface area contributed by atoms with Gasteiger partial charge in [0.15, 0.2) is 11.6 Å². The molecular formula is C54H64N16O4. The van der Waals surface area contributed by atoms with Gasteiger partial charge >= 0.3 is 0 Å². The number of aromatic nitrogens is 8. The maximum Gasteiger partial charge on any atom is 0.247 e. The molecule has 0 atom stereocenters. The van der Waals surface area contributed by atoms with Crippen LogP contribution in [0.5, 0.6) is 11.5 Å². The van der Waals surface area contributed by atoms with Crippen LogP contribution in [0.15, 0.2) is 123 Å². The molecule has 8 aromatic rings. The Morgan fingerprint density at radius 3 is 1.32 bits per heavy atom. The Balaban J connectivity index is 0.000000216. The van der Waals surface area contributed by atoms with E-state index in [4.69, 9.17) is 19.4 Å². The predicted molar refractivity (Wildman–Crippen MR) is 297 cm³/mol. The summed E-state index contributed by atoms with van der Waals surface area (Å²) in [5, 5.41) is 23.8. The number of hydrogen-bond donors (Lipinski definition) is 4. The van der Waals surface area contributed by atoms with Gasteiger partial charge in [0.05, 0.1) is 70.8 Å². The lowest BCUT2D eigenvalue weighted by atomic mass is 10.2. The fourth-order valence-corrected chi connectivity index (χ4v) is 7.90. The zero-order valence-electron chi connectivity index (χ0n) is 43.6. The summed E-state index contributed by atoms with van der Waals surface area (Å²) in [4.78, 5) is 50.9. The predicted octanol–water partition coefficient (Wildman–Crippen LogP) is 8.00. The number of benzene rings is 4. The molecule has 0 fully saturated rings. The highest BCUT2D eigenvalue weighted by Crippen LogP contribution is 2.39. The number of hydrogen-bond acceptors (Lipinski definition) is 16. The number of ether oxygens (including phenoxy) is 2. The van der Waals surface area contributed by atoms with E-state index in [9.17, 15) is 9.59 Å². The molecule has 2 amide bonds. The second-order valence-electron chi connectivity index (χ2n) is 17.7. The van der Waals surface area contributed by atoms with E-state index in [-0.39, 0.29) is 11.8 Å². The van der Waals surface area contributed by atoms with E-state index in [2.05, 4.69) is 74.2 Å². The van der Waals surface area contributed by atoms with E-state index < -0.39 is 0 Å². The number of carbonyl (C=O) groups is 2. The van der Waals surface area contributed by atoms with E-state index >= 15 is 0 Å². The first-order valence-corrected chi connectivity index (χ1v) is 23.7. The van der Waals surface area contributed by atoms with Gasteiger partial charge in [0, 0.05) is 87.7 Å². The number of methoxy groups -OCH3 is 2. The average molecular weight is 1000 g/mol. The molecule has 384 valence electrons. The van der Waals surface area contributed by atoms with Crippen molar-refractivity contribution < 1.29 is 19.1 Å². The summed E-state index contributed by atoms with van der Waals surface area (Å²) in [6.45, 7) is 14.3. The molecule has 0 saturated heterocycles. The maximum atomic E-state index is 12.2. The summed E-state index contributed by atoms with van der Waals surface area (Å²) in [7, 11) is 15.2. The Morgan fingerprint density at radius 1 is 0.568 bits per heavy atom. The van der Waals surface area contributed by atoms with E-state index in [1.165, 1.54) is 12.2 Å². The van der Waals surface area contributed by atoms with Crippen molar-refractivity contribution in [3.8, 4) is 23.1 Å². The van der Waals surface area contributed by atoms with Gasteiger partial charge in [-0.05, 0) is 78.5 Å². The molecule has 0 spiro atoms. The Kier molecular flexibility index (Phi) is 17.2. The fourth-order valence-electron chi connectivity index (χ4n) is 7.90. The summed E-state index contributed by atoms with van der Waals surface area (Å²) >= 11 is 0. The van der Waals surface area contributed by atoms with Crippen LogP contribution in [0.25, 0.3) is 33.4 Å². The minimum absolute atomic E-state index is 0.308. The smallest absolute Gasteiger partial charge is 0.247 e. The highest BCUT2D eigenvalue weighted by atomic mass is 16.5. The lowest BCUT2D eigenvalue weighted by Crippen LogP contribution is -2.29. The second-order valence-corrected chi connectivity index (χ2v) is 17.7. The van der Waals surface area contributed by atoms with Crippen LogP contribution in [0.2, 0.25) is 0 Å². The molecule has 0 bridgehead atoms. The van der Waals surface area contributed by atoms with Gasteiger partial charge in [-0.15, -0.1) is 0 Å². The lowest BCUT2D eigenvalue weighted by molar-refractivity contribution is -0.112. The van der Waals surface area contributed by atoms with Crippen molar-refractivity contribution in [2.24, 2.45) is 0 Å². The van der Waals surface area contributed by atoms with Gasteiger partial charge in [-0.3, -0.25) is 9.59 Å². The molecule has 4 N–H and O–H groups in total. The Bertz CT molecular complexity index is 3080. The number of fused-ring (bicyclic) bond motifs is 2. The number of nitrogens with zero attached hydrogens (tertiary/aromatic N) is 12. The SMILES string of the molecule is C=CC(=O)Nc1cc(Nc2nccc(-n3nc(C)c4ccccc43)n2)c(OC)cc1N(C)CCN(C)C.C=CC(=O)Nc1cc(Nc2nccc(-n3nc(C)c4ccccc43)n2)c(OC)cc1N(C)CCN(C)C. The van der Waals surface area contributed by atoms with Gasteiger partial charge in [0.2, 0.25) is 23.7 Å². The van der Waals surface area contributed by atoms with Gasteiger partial charge in [0.1, 0.15) is 11.5 Å². The molecule has 4 aromatic carbocycles. The van der Waals surface area contributed by atoms with Crippen LogP contribution in [0.1, 0.15) is 11.4 Å². The Hall–Kier alpha value is -8.88. The van der Waals surface area contributed by atoms with Crippen LogP contribution in [-0.4, -0.2) is 144 Å². The van der Waals surface area contributed by atoms with Crippen molar-refractivity contribution in [2.75, 3.05) is 114 Å². The molecule has 0 aliphatic rings. The molecule has 0 saturated carbocycles. The quantitative estimate of drug-likeness (QED) is 0.0535. The number of anilines is 8. The maximum absolute atomic E-state index is 12.2. The summed E-state index contributed by atoms with van der Waals surface area (Å²) < 4.78 is 15.0. The molecule has 74 heavy (non-hydrogen) atoms. The number of rotatable bonds is 20. The second kappa shape index (κ2) is 24.0. The van der Waals surface area contributed by atoms with Crippen molar-refractivity contribution in [1.29, 1.82) is 0 Å². The first kappa shape index (κ1) is 52.9. The van der Waals surface area contributed by atoms with Crippen molar-refractivity contribution in [1.82, 2.24) is 49.3 Å². The fraction of sp³-hybridized carbons (Fsp3) is 0.259. The molecule has 4 heterocycles. The Labute approximate surface area is 431 Å².